The zero-order chi connectivity index (χ0) is 23.1. The first-order chi connectivity index (χ1) is 15.9. The molecule has 3 heterocycles. The largest absolute Gasteiger partial charge is 0.486 e. The minimum Gasteiger partial charge on any atom is -0.486 e. The fourth-order valence-corrected chi connectivity index (χ4v) is 4.46. The molecule has 0 aromatic heterocycles. The minimum atomic E-state index is -0.545. The molecule has 2 aromatic carbocycles. The molecule has 8 heteroatoms. The second-order valence-electron chi connectivity index (χ2n) is 8.90. The van der Waals surface area contributed by atoms with Crippen LogP contribution in [0.3, 0.4) is 0 Å². The highest BCUT2D eigenvalue weighted by molar-refractivity contribution is 6.52. The predicted octanol–water partition coefficient (Wildman–Crippen LogP) is 2.53. The SMILES string of the molecule is CC(C)c1ccc(C(=O)N2CCN(CN3C(=O)C(=O)c4cc5c(cc43)OCCO5)CC2)cc1. The van der Waals surface area contributed by atoms with Crippen molar-refractivity contribution in [1.29, 1.82) is 0 Å². The van der Waals surface area contributed by atoms with Gasteiger partial charge in [-0.15, -0.1) is 0 Å². The Labute approximate surface area is 192 Å². The van der Waals surface area contributed by atoms with E-state index in [0.29, 0.717) is 80.3 Å². The first-order valence-electron chi connectivity index (χ1n) is 11.3. The fraction of sp³-hybridized carbons (Fsp3) is 0.400. The molecule has 5 rings (SSSR count). The summed E-state index contributed by atoms with van der Waals surface area (Å²) in [4.78, 5) is 43.6. The van der Waals surface area contributed by atoms with Crippen LogP contribution in [0.1, 0.15) is 46.0 Å². The molecule has 0 aliphatic carbocycles. The number of hydrogen-bond acceptors (Lipinski definition) is 6. The van der Waals surface area contributed by atoms with E-state index in [1.807, 2.05) is 29.2 Å². The lowest BCUT2D eigenvalue weighted by Crippen LogP contribution is -2.52. The average Bonchev–Trinajstić information content (AvgIpc) is 3.07. The van der Waals surface area contributed by atoms with Crippen LogP contribution >= 0.6 is 0 Å². The smallest absolute Gasteiger partial charge is 0.300 e. The van der Waals surface area contributed by atoms with Gasteiger partial charge in [0.15, 0.2) is 11.5 Å². The minimum absolute atomic E-state index is 0.0199. The Kier molecular flexibility index (Phi) is 5.54. The highest BCUT2D eigenvalue weighted by atomic mass is 16.6. The Bertz CT molecular complexity index is 1100. The molecule has 0 saturated carbocycles. The van der Waals surface area contributed by atoms with E-state index in [0.717, 1.165) is 0 Å². The summed E-state index contributed by atoms with van der Waals surface area (Å²) < 4.78 is 11.2. The number of ether oxygens (including phenoxy) is 2. The van der Waals surface area contributed by atoms with E-state index < -0.39 is 11.7 Å². The zero-order valence-electron chi connectivity index (χ0n) is 18.9. The quantitative estimate of drug-likeness (QED) is 0.668. The van der Waals surface area contributed by atoms with Gasteiger partial charge >= 0.3 is 5.91 Å². The molecule has 0 atom stereocenters. The van der Waals surface area contributed by atoms with Crippen LogP contribution in [0.25, 0.3) is 0 Å². The van der Waals surface area contributed by atoms with Gasteiger partial charge in [0.1, 0.15) is 13.2 Å². The fourth-order valence-electron chi connectivity index (χ4n) is 4.46. The summed E-state index contributed by atoms with van der Waals surface area (Å²) in [6.45, 7) is 7.77. The summed E-state index contributed by atoms with van der Waals surface area (Å²) in [5.41, 5.74) is 2.80. The van der Waals surface area contributed by atoms with Crippen LogP contribution in [0.5, 0.6) is 11.5 Å². The van der Waals surface area contributed by atoms with Crippen molar-refractivity contribution in [3.05, 3.63) is 53.1 Å². The Hall–Kier alpha value is -3.39. The van der Waals surface area contributed by atoms with Crippen LogP contribution in [0.4, 0.5) is 5.69 Å². The maximum absolute atomic E-state index is 12.9. The highest BCUT2D eigenvalue weighted by Gasteiger charge is 2.39. The van der Waals surface area contributed by atoms with Crippen LogP contribution in [0.2, 0.25) is 0 Å². The molecule has 0 bridgehead atoms. The van der Waals surface area contributed by atoms with Gasteiger partial charge in [-0.1, -0.05) is 26.0 Å². The van der Waals surface area contributed by atoms with Gasteiger partial charge in [0.05, 0.1) is 17.9 Å². The van der Waals surface area contributed by atoms with Crippen molar-refractivity contribution in [2.24, 2.45) is 0 Å². The lowest BCUT2D eigenvalue weighted by Gasteiger charge is -2.36. The number of amides is 2. The average molecular weight is 450 g/mol. The molecule has 8 nitrogen and oxygen atoms in total. The monoisotopic (exact) mass is 449 g/mol. The molecule has 1 saturated heterocycles. The summed E-state index contributed by atoms with van der Waals surface area (Å²) in [6.07, 6.45) is 0. The third-order valence-corrected chi connectivity index (χ3v) is 6.46. The molecule has 2 aromatic rings. The molecule has 1 fully saturated rings. The van der Waals surface area contributed by atoms with E-state index in [2.05, 4.69) is 18.7 Å². The number of hydrogen-bond donors (Lipinski definition) is 0. The Morgan fingerprint density at radius 3 is 2.21 bits per heavy atom. The molecule has 3 aliphatic heterocycles. The number of rotatable bonds is 4. The van der Waals surface area contributed by atoms with Crippen molar-refractivity contribution in [1.82, 2.24) is 9.80 Å². The molecule has 0 unspecified atom stereocenters. The first-order valence-corrected chi connectivity index (χ1v) is 11.3. The number of benzene rings is 2. The summed E-state index contributed by atoms with van der Waals surface area (Å²) in [5, 5.41) is 0. The number of fused-ring (bicyclic) bond motifs is 2. The number of piperazine rings is 1. The van der Waals surface area contributed by atoms with Gasteiger partial charge in [-0.2, -0.15) is 0 Å². The van der Waals surface area contributed by atoms with Crippen molar-refractivity contribution < 1.29 is 23.9 Å². The van der Waals surface area contributed by atoms with Gasteiger partial charge in [0, 0.05) is 37.8 Å². The number of nitrogens with zero attached hydrogens (tertiary/aromatic N) is 3. The highest BCUT2D eigenvalue weighted by Crippen LogP contribution is 2.40. The van der Waals surface area contributed by atoms with Gasteiger partial charge in [-0.3, -0.25) is 24.2 Å². The Morgan fingerprint density at radius 2 is 1.58 bits per heavy atom. The van der Waals surface area contributed by atoms with Crippen molar-refractivity contribution in [3.63, 3.8) is 0 Å². The van der Waals surface area contributed by atoms with Gasteiger partial charge in [-0.05, 0) is 29.7 Å². The third kappa shape index (κ3) is 3.95. The predicted molar refractivity (Wildman–Crippen MR) is 122 cm³/mol. The van der Waals surface area contributed by atoms with Gasteiger partial charge in [0.25, 0.3) is 11.7 Å². The molecule has 2 amide bonds. The van der Waals surface area contributed by atoms with Crippen LogP contribution in [0, 0.1) is 0 Å². The first kappa shape index (κ1) is 21.5. The van der Waals surface area contributed by atoms with Crippen molar-refractivity contribution in [2.45, 2.75) is 19.8 Å². The van der Waals surface area contributed by atoms with Crippen LogP contribution in [-0.2, 0) is 4.79 Å². The van der Waals surface area contributed by atoms with Crippen molar-refractivity contribution in [2.75, 3.05) is 51.0 Å². The van der Waals surface area contributed by atoms with E-state index in [1.54, 1.807) is 12.1 Å². The summed E-state index contributed by atoms with van der Waals surface area (Å²) >= 11 is 0. The molecular formula is C25H27N3O5. The summed E-state index contributed by atoms with van der Waals surface area (Å²) in [5.74, 6) is 0.416. The van der Waals surface area contributed by atoms with Crippen LogP contribution < -0.4 is 14.4 Å². The maximum Gasteiger partial charge on any atom is 0.300 e. The van der Waals surface area contributed by atoms with E-state index in [4.69, 9.17) is 9.47 Å². The topological polar surface area (TPSA) is 79.4 Å². The molecule has 33 heavy (non-hydrogen) atoms. The van der Waals surface area contributed by atoms with E-state index in [9.17, 15) is 14.4 Å². The lowest BCUT2D eigenvalue weighted by atomic mass is 10.0. The molecule has 3 aliphatic rings. The zero-order valence-corrected chi connectivity index (χ0v) is 18.9. The van der Waals surface area contributed by atoms with E-state index in [-0.39, 0.29) is 5.91 Å². The van der Waals surface area contributed by atoms with Gasteiger partial charge < -0.3 is 14.4 Å². The Balaban J connectivity index is 1.24. The maximum atomic E-state index is 12.9. The summed E-state index contributed by atoms with van der Waals surface area (Å²) in [6, 6.07) is 11.1. The van der Waals surface area contributed by atoms with Crippen molar-refractivity contribution >= 4 is 23.3 Å². The van der Waals surface area contributed by atoms with Gasteiger partial charge in [-0.25, -0.2) is 0 Å². The number of carbonyl (C=O) groups excluding carboxylic acids is 3. The number of Topliss-reactive ketones (excluding diaryl/α,β-unsaturated/α-hetero) is 1. The number of carbonyl (C=O) groups is 3. The molecule has 172 valence electrons. The second kappa shape index (κ2) is 8.51. The number of ketones is 1. The van der Waals surface area contributed by atoms with Crippen LogP contribution in [0.15, 0.2) is 36.4 Å². The molecule has 0 radical (unpaired) electrons. The standard InChI is InChI=1S/C25H27N3O5/c1-16(2)17-3-5-18(6-4-17)24(30)27-9-7-26(8-10-27)15-28-20-14-22-21(32-11-12-33-22)13-19(20)23(29)25(28)31/h3-6,13-14,16H,7-12,15H2,1-2H3. The molecule has 0 N–H and O–H groups in total. The van der Waals surface area contributed by atoms with Gasteiger partial charge in [0.2, 0.25) is 0 Å². The molecule has 0 spiro atoms. The van der Waals surface area contributed by atoms with E-state index >= 15 is 0 Å². The van der Waals surface area contributed by atoms with E-state index in [1.165, 1.54) is 10.5 Å². The second-order valence-corrected chi connectivity index (χ2v) is 8.90. The third-order valence-electron chi connectivity index (χ3n) is 6.46. The van der Waals surface area contributed by atoms with Crippen molar-refractivity contribution in [3.8, 4) is 11.5 Å². The van der Waals surface area contributed by atoms with Crippen LogP contribution in [-0.4, -0.2) is 73.5 Å². The Morgan fingerprint density at radius 1 is 0.939 bits per heavy atom. The summed E-state index contributed by atoms with van der Waals surface area (Å²) in [7, 11) is 0. The number of anilines is 1. The molecular weight excluding hydrogens is 422 g/mol. The lowest BCUT2D eigenvalue weighted by molar-refractivity contribution is -0.114. The normalized spacial score (nSPS) is 18.2.